The molecule has 5 nitrogen and oxygen atoms in total. The minimum Gasteiger partial charge on any atom is -0.482 e. The van der Waals surface area contributed by atoms with E-state index in [1.165, 1.54) is 18.2 Å². The van der Waals surface area contributed by atoms with Gasteiger partial charge in [0.2, 0.25) is 5.91 Å². The molecule has 2 unspecified atom stereocenters. The first-order valence-electron chi connectivity index (χ1n) is 8.01. The van der Waals surface area contributed by atoms with Crippen LogP contribution in [0.1, 0.15) is 31.2 Å². The van der Waals surface area contributed by atoms with Gasteiger partial charge in [-0.1, -0.05) is 12.8 Å². The third-order valence-corrected chi connectivity index (χ3v) is 4.34. The maximum Gasteiger partial charge on any atom is 0.392 e. The summed E-state index contributed by atoms with van der Waals surface area (Å²) < 4.78 is 44.4. The van der Waals surface area contributed by atoms with Crippen molar-refractivity contribution in [1.82, 2.24) is 0 Å². The van der Waals surface area contributed by atoms with E-state index in [9.17, 15) is 22.8 Å². The molecule has 1 fully saturated rings. The van der Waals surface area contributed by atoms with Crippen LogP contribution in [0.3, 0.4) is 0 Å². The van der Waals surface area contributed by atoms with Gasteiger partial charge in [-0.2, -0.15) is 13.2 Å². The van der Waals surface area contributed by atoms with Crippen molar-refractivity contribution < 1.29 is 32.6 Å². The number of carboxylic acids is 1. The Morgan fingerprint density at radius 3 is 2.56 bits per heavy atom. The van der Waals surface area contributed by atoms with Gasteiger partial charge in [-0.3, -0.25) is 4.79 Å². The highest BCUT2D eigenvalue weighted by Crippen LogP contribution is 2.42. The van der Waals surface area contributed by atoms with Gasteiger partial charge in [-0.15, -0.1) is 0 Å². The van der Waals surface area contributed by atoms with E-state index in [-0.39, 0.29) is 12.8 Å². The number of amides is 1. The zero-order valence-corrected chi connectivity index (χ0v) is 13.7. The molecule has 1 amide bonds. The first kappa shape index (κ1) is 19.1. The number of anilines is 1. The lowest BCUT2D eigenvalue weighted by Gasteiger charge is -2.32. The smallest absolute Gasteiger partial charge is 0.392 e. The summed E-state index contributed by atoms with van der Waals surface area (Å²) in [7, 11) is 0. The number of nitrogens with one attached hydrogen (secondary N) is 1. The van der Waals surface area contributed by atoms with Crippen LogP contribution in [0.4, 0.5) is 18.9 Å². The largest absolute Gasteiger partial charge is 0.482 e. The number of aliphatic carboxylic acids is 1. The molecule has 0 bridgehead atoms. The van der Waals surface area contributed by atoms with E-state index >= 15 is 0 Å². The second-order valence-corrected chi connectivity index (χ2v) is 6.19. The van der Waals surface area contributed by atoms with Crippen LogP contribution in [0, 0.1) is 18.8 Å². The Hall–Kier alpha value is -2.25. The number of benzene rings is 1. The summed E-state index contributed by atoms with van der Waals surface area (Å²) >= 11 is 0. The summed E-state index contributed by atoms with van der Waals surface area (Å²) in [6.45, 7) is 1.16. The summed E-state index contributed by atoms with van der Waals surface area (Å²) in [6, 6.07) is 4.49. The zero-order chi connectivity index (χ0) is 18.6. The second-order valence-electron chi connectivity index (χ2n) is 6.19. The van der Waals surface area contributed by atoms with E-state index in [0.29, 0.717) is 29.8 Å². The van der Waals surface area contributed by atoms with Gasteiger partial charge in [0.15, 0.2) is 6.61 Å². The molecular formula is C17H20F3NO4. The standard InChI is InChI=1S/C17H20F3NO4/c1-10-8-11(25-9-15(22)23)6-7-14(10)21-16(24)12-4-2-3-5-13(12)17(18,19)20/h6-8,12-13H,2-5,9H2,1H3,(H,21,24)(H,22,23). The normalized spacial score (nSPS) is 20.8. The minimum absolute atomic E-state index is 0.0253. The molecule has 2 N–H and O–H groups in total. The average molecular weight is 359 g/mol. The Morgan fingerprint density at radius 1 is 1.28 bits per heavy atom. The Labute approximate surface area is 143 Å². The van der Waals surface area contributed by atoms with Crippen molar-refractivity contribution in [1.29, 1.82) is 0 Å². The Bertz CT molecular complexity index is 645. The van der Waals surface area contributed by atoms with E-state index < -0.39 is 36.5 Å². The molecule has 1 saturated carbocycles. The molecule has 0 saturated heterocycles. The SMILES string of the molecule is Cc1cc(OCC(=O)O)ccc1NC(=O)C1CCCCC1C(F)(F)F. The van der Waals surface area contributed by atoms with E-state index in [0.717, 1.165) is 0 Å². The number of carbonyl (C=O) groups excluding carboxylic acids is 1. The highest BCUT2D eigenvalue weighted by atomic mass is 19.4. The third kappa shape index (κ3) is 5.11. The van der Waals surface area contributed by atoms with E-state index in [4.69, 9.17) is 9.84 Å². The number of aryl methyl sites for hydroxylation is 1. The van der Waals surface area contributed by atoms with Gasteiger partial charge in [0.25, 0.3) is 0 Å². The zero-order valence-electron chi connectivity index (χ0n) is 13.7. The van der Waals surface area contributed by atoms with Crippen molar-refractivity contribution in [2.24, 2.45) is 11.8 Å². The molecular weight excluding hydrogens is 339 g/mol. The first-order valence-corrected chi connectivity index (χ1v) is 8.01. The van der Waals surface area contributed by atoms with Gasteiger partial charge in [-0.25, -0.2) is 4.79 Å². The maximum absolute atomic E-state index is 13.1. The number of hydrogen-bond donors (Lipinski definition) is 2. The highest BCUT2D eigenvalue weighted by Gasteiger charge is 2.48. The minimum atomic E-state index is -4.38. The molecule has 0 radical (unpaired) electrons. The van der Waals surface area contributed by atoms with E-state index in [1.54, 1.807) is 6.92 Å². The van der Waals surface area contributed by atoms with E-state index in [1.807, 2.05) is 0 Å². The van der Waals surface area contributed by atoms with Gasteiger partial charge >= 0.3 is 12.1 Å². The van der Waals surface area contributed by atoms with E-state index in [2.05, 4.69) is 5.32 Å². The van der Waals surface area contributed by atoms with Crippen molar-refractivity contribution in [3.8, 4) is 5.75 Å². The number of rotatable bonds is 5. The fourth-order valence-corrected chi connectivity index (χ4v) is 3.07. The fraction of sp³-hybridized carbons (Fsp3) is 0.529. The van der Waals surface area contributed by atoms with Crippen LogP contribution in [0.2, 0.25) is 0 Å². The number of ether oxygens (including phenoxy) is 1. The van der Waals surface area contributed by atoms with Crippen LogP contribution in [-0.4, -0.2) is 29.8 Å². The fourth-order valence-electron chi connectivity index (χ4n) is 3.07. The second kappa shape index (κ2) is 7.76. The number of carbonyl (C=O) groups is 2. The van der Waals surface area contributed by atoms with Gasteiger partial charge in [0, 0.05) is 11.6 Å². The Kier molecular flexibility index (Phi) is 5.92. The molecule has 2 atom stereocenters. The quantitative estimate of drug-likeness (QED) is 0.839. The monoisotopic (exact) mass is 359 g/mol. The van der Waals surface area contributed by atoms with Gasteiger partial charge in [0.1, 0.15) is 5.75 Å². The van der Waals surface area contributed by atoms with Crippen molar-refractivity contribution in [2.45, 2.75) is 38.8 Å². The molecule has 0 spiro atoms. The van der Waals surface area contributed by atoms with Gasteiger partial charge in [-0.05, 0) is 43.5 Å². The molecule has 1 aromatic carbocycles. The summed E-state index contributed by atoms with van der Waals surface area (Å²) in [4.78, 5) is 22.8. The molecule has 1 aliphatic carbocycles. The topological polar surface area (TPSA) is 75.6 Å². The third-order valence-electron chi connectivity index (χ3n) is 4.34. The molecule has 1 aliphatic rings. The van der Waals surface area contributed by atoms with Gasteiger partial charge in [0.05, 0.1) is 5.92 Å². The van der Waals surface area contributed by atoms with Crippen LogP contribution in [0.25, 0.3) is 0 Å². The average Bonchev–Trinajstić information content (AvgIpc) is 2.54. The van der Waals surface area contributed by atoms with Crippen LogP contribution < -0.4 is 10.1 Å². The van der Waals surface area contributed by atoms with Crippen LogP contribution in [0.15, 0.2) is 18.2 Å². The molecule has 2 rings (SSSR count). The van der Waals surface area contributed by atoms with Crippen LogP contribution in [-0.2, 0) is 9.59 Å². The lowest BCUT2D eigenvalue weighted by atomic mass is 9.78. The summed E-state index contributed by atoms with van der Waals surface area (Å²) in [5, 5.41) is 11.1. The summed E-state index contributed by atoms with van der Waals surface area (Å²) in [5.41, 5.74) is 0.967. The first-order chi connectivity index (χ1) is 11.7. The molecule has 25 heavy (non-hydrogen) atoms. The maximum atomic E-state index is 13.1. The Balaban J connectivity index is 2.07. The lowest BCUT2D eigenvalue weighted by Crippen LogP contribution is -2.39. The molecule has 1 aromatic rings. The number of carboxylic acid groups (broad SMARTS) is 1. The Morgan fingerprint density at radius 2 is 1.96 bits per heavy atom. The molecule has 138 valence electrons. The number of alkyl halides is 3. The molecule has 0 heterocycles. The molecule has 8 heteroatoms. The highest BCUT2D eigenvalue weighted by molar-refractivity contribution is 5.93. The number of hydrogen-bond acceptors (Lipinski definition) is 3. The molecule has 0 aromatic heterocycles. The van der Waals surface area contributed by atoms with Crippen molar-refractivity contribution in [2.75, 3.05) is 11.9 Å². The lowest BCUT2D eigenvalue weighted by molar-refractivity contribution is -0.197. The van der Waals surface area contributed by atoms with Crippen molar-refractivity contribution in [3.63, 3.8) is 0 Å². The van der Waals surface area contributed by atoms with Crippen LogP contribution >= 0.6 is 0 Å². The number of halogens is 3. The summed E-state index contributed by atoms with van der Waals surface area (Å²) in [6.07, 6.45) is -3.11. The van der Waals surface area contributed by atoms with Crippen molar-refractivity contribution in [3.05, 3.63) is 23.8 Å². The van der Waals surface area contributed by atoms with Gasteiger partial charge < -0.3 is 15.2 Å². The predicted molar refractivity (Wildman–Crippen MR) is 84.4 cm³/mol. The molecule has 0 aliphatic heterocycles. The van der Waals surface area contributed by atoms with Crippen molar-refractivity contribution >= 4 is 17.6 Å². The predicted octanol–water partition coefficient (Wildman–Crippen LogP) is 3.77. The summed E-state index contributed by atoms with van der Waals surface area (Å²) in [5.74, 6) is -4.14. The van der Waals surface area contributed by atoms with Crippen LogP contribution in [0.5, 0.6) is 5.75 Å².